The van der Waals surface area contributed by atoms with Crippen LogP contribution in [0.5, 0.6) is 0 Å². The average Bonchev–Trinajstić information content (AvgIpc) is 3.09. The molecule has 0 aliphatic carbocycles. The molecule has 2 aromatic carbocycles. The van der Waals surface area contributed by atoms with Crippen molar-refractivity contribution in [1.82, 2.24) is 25.1 Å². The first-order valence-electron chi connectivity index (χ1n) is 6.97. The first-order chi connectivity index (χ1) is 11.1. The van der Waals surface area contributed by atoms with E-state index in [1.165, 1.54) is 28.0 Å². The fourth-order valence-electron chi connectivity index (χ4n) is 2.26. The van der Waals surface area contributed by atoms with Crippen LogP contribution in [0.4, 0.5) is 4.39 Å². The molecule has 116 valence electrons. The van der Waals surface area contributed by atoms with Gasteiger partial charge in [0.1, 0.15) is 12.1 Å². The molecule has 0 saturated heterocycles. The summed E-state index contributed by atoms with van der Waals surface area (Å²) in [7, 11) is 1.68. The highest BCUT2D eigenvalue weighted by Crippen LogP contribution is 2.13. The minimum absolute atomic E-state index is 0.163. The summed E-state index contributed by atoms with van der Waals surface area (Å²) < 4.78 is 14.7. The fourth-order valence-corrected chi connectivity index (χ4v) is 2.26. The van der Waals surface area contributed by atoms with Gasteiger partial charge in [-0.25, -0.2) is 9.07 Å². The van der Waals surface area contributed by atoms with E-state index in [0.717, 1.165) is 5.56 Å². The van der Waals surface area contributed by atoms with Crippen LogP contribution in [0.15, 0.2) is 54.9 Å². The average molecular weight is 311 g/mol. The van der Waals surface area contributed by atoms with Crippen LogP contribution in [0.2, 0.25) is 0 Å². The predicted molar refractivity (Wildman–Crippen MR) is 81.4 cm³/mol. The van der Waals surface area contributed by atoms with Gasteiger partial charge in [0.25, 0.3) is 5.91 Å². The number of tetrazole rings is 1. The van der Waals surface area contributed by atoms with Gasteiger partial charge in [0.2, 0.25) is 0 Å². The van der Waals surface area contributed by atoms with Crippen LogP contribution in [0.1, 0.15) is 15.9 Å². The number of benzene rings is 2. The molecule has 23 heavy (non-hydrogen) atoms. The summed E-state index contributed by atoms with van der Waals surface area (Å²) in [5, 5.41) is 10.9. The highest BCUT2D eigenvalue weighted by Gasteiger charge is 2.13. The zero-order valence-corrected chi connectivity index (χ0v) is 12.4. The van der Waals surface area contributed by atoms with E-state index in [-0.39, 0.29) is 11.7 Å². The summed E-state index contributed by atoms with van der Waals surface area (Å²) in [4.78, 5) is 14.1. The molecule has 0 N–H and O–H groups in total. The van der Waals surface area contributed by atoms with Crippen molar-refractivity contribution in [2.24, 2.45) is 0 Å². The molecule has 0 atom stereocenters. The molecule has 0 unspecified atom stereocenters. The lowest BCUT2D eigenvalue weighted by Gasteiger charge is -2.17. The number of rotatable bonds is 4. The normalized spacial score (nSPS) is 10.5. The molecule has 7 heteroatoms. The van der Waals surface area contributed by atoms with Gasteiger partial charge in [-0.05, 0) is 46.3 Å². The van der Waals surface area contributed by atoms with Crippen LogP contribution in [0.25, 0.3) is 5.69 Å². The maximum Gasteiger partial charge on any atom is 0.253 e. The first kappa shape index (κ1) is 14.8. The number of hydrogen-bond acceptors (Lipinski definition) is 4. The largest absolute Gasteiger partial charge is 0.337 e. The molecule has 3 aromatic rings. The van der Waals surface area contributed by atoms with Crippen LogP contribution in [0, 0.1) is 5.82 Å². The van der Waals surface area contributed by atoms with E-state index < -0.39 is 0 Å². The standard InChI is InChI=1S/C16H14FN5O/c1-21(10-12-4-2-6-14(17)8-12)16(23)13-5-3-7-15(9-13)22-11-18-19-20-22/h2-9,11H,10H2,1H3. The molecule has 6 nitrogen and oxygen atoms in total. The second-order valence-electron chi connectivity index (χ2n) is 5.10. The van der Waals surface area contributed by atoms with E-state index in [0.29, 0.717) is 17.8 Å². The number of amides is 1. The molecule has 0 spiro atoms. The van der Waals surface area contributed by atoms with E-state index in [1.807, 2.05) is 0 Å². The number of carbonyl (C=O) groups excluding carboxylic acids is 1. The lowest BCUT2D eigenvalue weighted by molar-refractivity contribution is 0.0785. The number of halogens is 1. The SMILES string of the molecule is CN(Cc1cccc(F)c1)C(=O)c1cccc(-n2cnnn2)c1. The Morgan fingerprint density at radius 3 is 2.78 bits per heavy atom. The number of nitrogens with zero attached hydrogens (tertiary/aromatic N) is 5. The molecule has 0 radical (unpaired) electrons. The Morgan fingerprint density at radius 2 is 2.04 bits per heavy atom. The first-order valence-corrected chi connectivity index (χ1v) is 6.97. The second kappa shape index (κ2) is 6.35. The Hall–Kier alpha value is -3.09. The Kier molecular flexibility index (Phi) is 4.09. The third-order valence-electron chi connectivity index (χ3n) is 3.36. The molecule has 1 aromatic heterocycles. The molecular weight excluding hydrogens is 297 g/mol. The molecule has 0 saturated carbocycles. The fraction of sp³-hybridized carbons (Fsp3) is 0.125. The van der Waals surface area contributed by atoms with Gasteiger partial charge in [0, 0.05) is 19.2 Å². The van der Waals surface area contributed by atoms with Crippen molar-refractivity contribution in [2.75, 3.05) is 7.05 Å². The summed E-state index contributed by atoms with van der Waals surface area (Å²) in [6.45, 7) is 0.325. The Morgan fingerprint density at radius 1 is 1.22 bits per heavy atom. The van der Waals surface area contributed by atoms with Crippen molar-refractivity contribution in [3.05, 3.63) is 71.8 Å². The van der Waals surface area contributed by atoms with E-state index in [2.05, 4.69) is 15.5 Å². The lowest BCUT2D eigenvalue weighted by Crippen LogP contribution is -2.26. The monoisotopic (exact) mass is 311 g/mol. The molecule has 0 fully saturated rings. The minimum atomic E-state index is -0.316. The molecule has 0 aliphatic heterocycles. The number of carbonyl (C=O) groups is 1. The highest BCUT2D eigenvalue weighted by atomic mass is 19.1. The molecule has 0 bridgehead atoms. The maximum atomic E-state index is 13.2. The number of aromatic nitrogens is 4. The third-order valence-corrected chi connectivity index (χ3v) is 3.36. The quantitative estimate of drug-likeness (QED) is 0.740. The van der Waals surface area contributed by atoms with Crippen molar-refractivity contribution >= 4 is 5.91 Å². The maximum absolute atomic E-state index is 13.2. The zero-order chi connectivity index (χ0) is 16.2. The van der Waals surface area contributed by atoms with Crippen molar-refractivity contribution in [3.8, 4) is 5.69 Å². The third kappa shape index (κ3) is 3.39. The second-order valence-corrected chi connectivity index (χ2v) is 5.10. The molecular formula is C16H14FN5O. The summed E-state index contributed by atoms with van der Waals surface area (Å²) in [5.74, 6) is -0.479. The van der Waals surface area contributed by atoms with Crippen molar-refractivity contribution < 1.29 is 9.18 Å². The topological polar surface area (TPSA) is 63.9 Å². The van der Waals surface area contributed by atoms with Gasteiger partial charge < -0.3 is 4.90 Å². The van der Waals surface area contributed by atoms with Crippen LogP contribution in [0.3, 0.4) is 0 Å². The molecule has 1 amide bonds. The summed E-state index contributed by atoms with van der Waals surface area (Å²) in [6, 6.07) is 13.2. The summed E-state index contributed by atoms with van der Waals surface area (Å²) in [6.07, 6.45) is 1.46. The Labute approximate surface area is 132 Å². The van der Waals surface area contributed by atoms with Gasteiger partial charge in [-0.15, -0.1) is 5.10 Å². The minimum Gasteiger partial charge on any atom is -0.337 e. The van der Waals surface area contributed by atoms with Crippen molar-refractivity contribution in [3.63, 3.8) is 0 Å². The zero-order valence-electron chi connectivity index (χ0n) is 12.4. The smallest absolute Gasteiger partial charge is 0.253 e. The van der Waals surface area contributed by atoms with Crippen molar-refractivity contribution in [1.29, 1.82) is 0 Å². The van der Waals surface area contributed by atoms with Crippen LogP contribution >= 0.6 is 0 Å². The van der Waals surface area contributed by atoms with Crippen molar-refractivity contribution in [2.45, 2.75) is 6.54 Å². The van der Waals surface area contributed by atoms with Gasteiger partial charge in [-0.3, -0.25) is 4.79 Å². The van der Waals surface area contributed by atoms with Crippen LogP contribution in [-0.4, -0.2) is 38.1 Å². The highest BCUT2D eigenvalue weighted by molar-refractivity contribution is 5.94. The summed E-state index contributed by atoms with van der Waals surface area (Å²) >= 11 is 0. The number of hydrogen-bond donors (Lipinski definition) is 0. The van der Waals surface area contributed by atoms with Gasteiger partial charge in [-0.1, -0.05) is 18.2 Å². The predicted octanol–water partition coefficient (Wildman–Crippen LogP) is 2.07. The van der Waals surface area contributed by atoms with Gasteiger partial charge in [0.05, 0.1) is 5.69 Å². The van der Waals surface area contributed by atoms with E-state index in [4.69, 9.17) is 0 Å². The molecule has 0 aliphatic rings. The van der Waals surface area contributed by atoms with E-state index >= 15 is 0 Å². The summed E-state index contributed by atoms with van der Waals surface area (Å²) in [5.41, 5.74) is 1.94. The Balaban J connectivity index is 1.78. The van der Waals surface area contributed by atoms with E-state index in [1.54, 1.807) is 43.4 Å². The Bertz CT molecular complexity index is 819. The van der Waals surface area contributed by atoms with Gasteiger partial charge in [-0.2, -0.15) is 0 Å². The van der Waals surface area contributed by atoms with E-state index in [9.17, 15) is 9.18 Å². The lowest BCUT2D eigenvalue weighted by atomic mass is 10.1. The van der Waals surface area contributed by atoms with Gasteiger partial charge >= 0.3 is 0 Å². The van der Waals surface area contributed by atoms with Gasteiger partial charge in [0.15, 0.2) is 0 Å². The molecule has 1 heterocycles. The molecule has 3 rings (SSSR count). The van der Waals surface area contributed by atoms with Crippen LogP contribution in [-0.2, 0) is 6.54 Å². The van der Waals surface area contributed by atoms with Crippen LogP contribution < -0.4 is 0 Å².